The molecule has 176 valence electrons. The molecule has 0 aliphatic heterocycles. The van der Waals surface area contributed by atoms with Gasteiger partial charge in [0.05, 0.1) is 0 Å². The fraction of sp³-hybridized carbons (Fsp3) is 0.346. The minimum Gasteiger partial charge on any atom is -0.457 e. The van der Waals surface area contributed by atoms with Gasteiger partial charge in [-0.2, -0.15) is 0 Å². The Kier molecular flexibility index (Phi) is 7.97. The summed E-state index contributed by atoms with van der Waals surface area (Å²) < 4.78 is 45.6. The highest BCUT2D eigenvalue weighted by Gasteiger charge is 2.23. The second-order valence-corrected chi connectivity index (χ2v) is 8.35. The molecule has 0 aromatic heterocycles. The van der Waals surface area contributed by atoms with Crippen LogP contribution in [0.3, 0.4) is 0 Å². The summed E-state index contributed by atoms with van der Waals surface area (Å²) in [7, 11) is 0. The number of carbonyl (C=O) groups is 1. The molecule has 0 saturated carbocycles. The Morgan fingerprint density at radius 3 is 2.45 bits per heavy atom. The lowest BCUT2D eigenvalue weighted by Gasteiger charge is -2.15. The van der Waals surface area contributed by atoms with E-state index in [0.717, 1.165) is 17.7 Å². The number of fused-ring (bicyclic) bond motifs is 1. The maximum Gasteiger partial charge on any atom is 0.270 e. The lowest BCUT2D eigenvalue weighted by atomic mass is 10.1. The van der Waals surface area contributed by atoms with Crippen LogP contribution in [0.25, 0.3) is 10.8 Å². The summed E-state index contributed by atoms with van der Waals surface area (Å²) in [4.78, 5) is 12.6. The first-order chi connectivity index (χ1) is 15.6. The van der Waals surface area contributed by atoms with Crippen LogP contribution in [0, 0.1) is 0 Å². The minimum absolute atomic E-state index is 0.0660. The Morgan fingerprint density at radius 1 is 1.06 bits per heavy atom. The summed E-state index contributed by atoms with van der Waals surface area (Å²) in [6, 6.07) is 16.4. The fourth-order valence-electron chi connectivity index (χ4n) is 3.43. The third kappa shape index (κ3) is 6.96. The Morgan fingerprint density at radius 2 is 1.79 bits per heavy atom. The monoisotopic (exact) mass is 458 g/mol. The van der Waals surface area contributed by atoms with Gasteiger partial charge in [0.15, 0.2) is 0 Å². The molecule has 0 radical (unpaired) electrons. The Labute approximate surface area is 192 Å². The van der Waals surface area contributed by atoms with Crippen LogP contribution in [0.1, 0.15) is 43.1 Å². The summed E-state index contributed by atoms with van der Waals surface area (Å²) in [6.07, 6.45) is -0.214. The quantitative estimate of drug-likeness (QED) is 0.356. The topological polar surface area (TPSA) is 50.4 Å². The molecule has 2 N–H and O–H groups in total. The van der Waals surface area contributed by atoms with E-state index < -0.39 is 12.1 Å². The average Bonchev–Trinajstić information content (AvgIpc) is 2.76. The molecule has 7 heteroatoms. The van der Waals surface area contributed by atoms with Crippen LogP contribution in [-0.4, -0.2) is 31.2 Å². The van der Waals surface area contributed by atoms with Crippen LogP contribution in [-0.2, 0) is 5.92 Å². The number of rotatable bonds is 10. The van der Waals surface area contributed by atoms with Crippen molar-refractivity contribution in [3.8, 4) is 11.5 Å². The SMILES string of the molecule is CC(F)CNCC[C@@H](C)NC(=O)c1ccc2c(Oc3ccc(C(C)(F)F)cc3)cccc2c1. The van der Waals surface area contributed by atoms with Crippen LogP contribution >= 0.6 is 0 Å². The molecule has 0 saturated heterocycles. The normalized spacial score (nSPS) is 13.5. The van der Waals surface area contributed by atoms with E-state index in [2.05, 4.69) is 10.6 Å². The first-order valence-corrected chi connectivity index (χ1v) is 11.0. The zero-order chi connectivity index (χ0) is 24.0. The number of alkyl halides is 3. The summed E-state index contributed by atoms with van der Waals surface area (Å²) in [5.74, 6) is -2.08. The number of benzene rings is 3. The van der Waals surface area contributed by atoms with Gasteiger partial charge in [-0.1, -0.05) is 12.1 Å². The van der Waals surface area contributed by atoms with Crippen LogP contribution in [0.15, 0.2) is 60.7 Å². The van der Waals surface area contributed by atoms with Gasteiger partial charge < -0.3 is 15.4 Å². The van der Waals surface area contributed by atoms with Gasteiger partial charge in [0, 0.05) is 36.0 Å². The molecular weight excluding hydrogens is 429 g/mol. The van der Waals surface area contributed by atoms with E-state index in [9.17, 15) is 18.0 Å². The van der Waals surface area contributed by atoms with Crippen molar-refractivity contribution in [1.29, 1.82) is 0 Å². The number of hydrogen-bond donors (Lipinski definition) is 2. The van der Waals surface area contributed by atoms with Crippen molar-refractivity contribution in [2.45, 2.75) is 45.3 Å². The lowest BCUT2D eigenvalue weighted by Crippen LogP contribution is -2.35. The van der Waals surface area contributed by atoms with Crippen molar-refractivity contribution in [3.63, 3.8) is 0 Å². The second kappa shape index (κ2) is 10.7. The number of nitrogens with one attached hydrogen (secondary N) is 2. The van der Waals surface area contributed by atoms with E-state index in [1.165, 1.54) is 31.2 Å². The number of halogens is 3. The maximum atomic E-state index is 13.4. The molecule has 0 fully saturated rings. The van der Waals surface area contributed by atoms with Gasteiger partial charge in [0.25, 0.3) is 11.8 Å². The molecule has 4 nitrogen and oxygen atoms in total. The molecule has 0 spiro atoms. The van der Waals surface area contributed by atoms with Gasteiger partial charge in [-0.25, -0.2) is 13.2 Å². The molecule has 3 aromatic rings. The van der Waals surface area contributed by atoms with Crippen LogP contribution in [0.2, 0.25) is 0 Å². The maximum absolute atomic E-state index is 13.4. The molecule has 0 heterocycles. The van der Waals surface area contributed by atoms with Crippen molar-refractivity contribution in [2.75, 3.05) is 13.1 Å². The zero-order valence-corrected chi connectivity index (χ0v) is 19.0. The first-order valence-electron chi connectivity index (χ1n) is 11.0. The van der Waals surface area contributed by atoms with Gasteiger partial charge in [-0.15, -0.1) is 0 Å². The van der Waals surface area contributed by atoms with E-state index in [-0.39, 0.29) is 17.5 Å². The largest absolute Gasteiger partial charge is 0.457 e. The number of ether oxygens (including phenoxy) is 1. The zero-order valence-electron chi connectivity index (χ0n) is 19.0. The smallest absolute Gasteiger partial charge is 0.270 e. The number of carbonyl (C=O) groups excluding carboxylic acids is 1. The summed E-state index contributed by atoms with van der Waals surface area (Å²) in [6.45, 7) is 5.17. The van der Waals surface area contributed by atoms with Gasteiger partial charge in [0.2, 0.25) is 0 Å². The molecule has 0 aliphatic rings. The number of hydrogen-bond acceptors (Lipinski definition) is 3. The lowest BCUT2D eigenvalue weighted by molar-refractivity contribution is 0.0174. The second-order valence-electron chi connectivity index (χ2n) is 8.35. The van der Waals surface area contributed by atoms with Crippen molar-refractivity contribution in [3.05, 3.63) is 71.8 Å². The van der Waals surface area contributed by atoms with Crippen molar-refractivity contribution in [2.24, 2.45) is 0 Å². The summed E-state index contributed by atoms with van der Waals surface area (Å²) >= 11 is 0. The Balaban J connectivity index is 1.67. The highest BCUT2D eigenvalue weighted by molar-refractivity contribution is 6.00. The van der Waals surface area contributed by atoms with Gasteiger partial charge in [-0.3, -0.25) is 4.79 Å². The first kappa shape index (κ1) is 24.6. The van der Waals surface area contributed by atoms with Crippen LogP contribution < -0.4 is 15.4 Å². The van der Waals surface area contributed by atoms with Crippen LogP contribution in [0.5, 0.6) is 11.5 Å². The highest BCUT2D eigenvalue weighted by Crippen LogP contribution is 2.33. The predicted octanol–water partition coefficient (Wildman–Crippen LogP) is 6.20. The minimum atomic E-state index is -2.91. The molecule has 0 aliphatic carbocycles. The van der Waals surface area contributed by atoms with Crippen molar-refractivity contribution in [1.82, 2.24) is 10.6 Å². The summed E-state index contributed by atoms with van der Waals surface area (Å²) in [5.41, 5.74) is 0.441. The Bertz CT molecular complexity index is 1080. The predicted molar refractivity (Wildman–Crippen MR) is 125 cm³/mol. The standard InChI is InChI=1S/C26H29F3N2O2/c1-17(27)16-30-14-13-18(2)31-25(32)20-7-12-23-19(15-20)5-4-6-24(23)33-22-10-8-21(9-11-22)26(3,28)29/h4-12,15,17-18,30H,13-14,16H2,1-3H3,(H,31,32)/t17?,18-/m1/s1. The van der Waals surface area contributed by atoms with E-state index >= 15 is 0 Å². The molecule has 33 heavy (non-hydrogen) atoms. The molecule has 0 bridgehead atoms. The Hall–Kier alpha value is -3.06. The van der Waals surface area contributed by atoms with Gasteiger partial charge >= 0.3 is 0 Å². The highest BCUT2D eigenvalue weighted by atomic mass is 19.3. The molecule has 1 unspecified atom stereocenters. The van der Waals surface area contributed by atoms with E-state index in [0.29, 0.717) is 36.6 Å². The van der Waals surface area contributed by atoms with Crippen LogP contribution in [0.4, 0.5) is 13.2 Å². The van der Waals surface area contributed by atoms with Crippen molar-refractivity contribution < 1.29 is 22.7 Å². The van der Waals surface area contributed by atoms with Crippen molar-refractivity contribution >= 4 is 16.7 Å². The van der Waals surface area contributed by atoms with Gasteiger partial charge in [-0.05, 0) is 80.7 Å². The fourth-order valence-corrected chi connectivity index (χ4v) is 3.43. The van der Waals surface area contributed by atoms with E-state index in [4.69, 9.17) is 4.74 Å². The van der Waals surface area contributed by atoms with Gasteiger partial charge in [0.1, 0.15) is 17.7 Å². The van der Waals surface area contributed by atoms with E-state index in [1.807, 2.05) is 25.1 Å². The third-order valence-corrected chi connectivity index (χ3v) is 5.25. The molecule has 3 aromatic carbocycles. The molecule has 1 amide bonds. The third-order valence-electron chi connectivity index (χ3n) is 5.25. The van der Waals surface area contributed by atoms with E-state index in [1.54, 1.807) is 18.2 Å². The molecule has 2 atom stereocenters. The average molecular weight is 459 g/mol. The summed E-state index contributed by atoms with van der Waals surface area (Å²) in [5, 5.41) is 7.59. The molecule has 3 rings (SSSR count). The number of amides is 1. The molecular formula is C26H29F3N2O2.